The van der Waals surface area contributed by atoms with E-state index >= 15 is 0 Å². The lowest BCUT2D eigenvalue weighted by atomic mass is 10.0. The Kier molecular flexibility index (Phi) is 7.07. The minimum atomic E-state index is 0.184. The van der Waals surface area contributed by atoms with Gasteiger partial charge in [-0.2, -0.15) is 5.26 Å². The zero-order valence-electron chi connectivity index (χ0n) is 11.6. The molecule has 1 atom stereocenters. The molecule has 0 fully saturated rings. The highest BCUT2D eigenvalue weighted by Gasteiger charge is 2.19. The molecule has 0 aliphatic carbocycles. The van der Waals surface area contributed by atoms with Crippen molar-refractivity contribution in [3.8, 4) is 6.07 Å². The molecule has 0 heterocycles. The van der Waals surface area contributed by atoms with Gasteiger partial charge in [0.15, 0.2) is 0 Å². The predicted molar refractivity (Wildman–Crippen MR) is 82.6 cm³/mol. The van der Waals surface area contributed by atoms with E-state index in [4.69, 9.17) is 11.0 Å². The number of nitrogens with two attached hydrogens (primary N) is 1. The molecule has 0 radical (unpaired) electrons. The highest BCUT2D eigenvalue weighted by Crippen LogP contribution is 2.23. The van der Waals surface area contributed by atoms with Crippen molar-refractivity contribution in [2.75, 3.05) is 19.6 Å². The summed E-state index contributed by atoms with van der Waals surface area (Å²) in [5, 5.41) is 8.80. The minimum Gasteiger partial charge on any atom is -0.329 e. The van der Waals surface area contributed by atoms with Crippen molar-refractivity contribution in [2.24, 2.45) is 11.7 Å². The second-order valence-electron chi connectivity index (χ2n) is 5.10. The Morgan fingerprint density at radius 1 is 1.32 bits per heavy atom. The summed E-state index contributed by atoms with van der Waals surface area (Å²) in [4.78, 5) is 2.32. The van der Waals surface area contributed by atoms with E-state index in [1.54, 1.807) is 0 Å². The molecule has 0 aliphatic rings. The number of rotatable bonds is 7. The Balaban J connectivity index is 2.88. The fourth-order valence-corrected chi connectivity index (χ4v) is 2.48. The van der Waals surface area contributed by atoms with Crippen LogP contribution in [0.3, 0.4) is 0 Å². The first-order valence-electron chi connectivity index (χ1n) is 6.65. The van der Waals surface area contributed by atoms with E-state index in [1.807, 2.05) is 12.1 Å². The van der Waals surface area contributed by atoms with Gasteiger partial charge in [0.05, 0.1) is 6.07 Å². The first kappa shape index (κ1) is 16.2. The van der Waals surface area contributed by atoms with Crippen molar-refractivity contribution >= 4 is 15.9 Å². The molecule has 0 aromatic heterocycles. The number of nitriles is 1. The van der Waals surface area contributed by atoms with Crippen molar-refractivity contribution in [3.05, 3.63) is 34.3 Å². The predicted octanol–water partition coefficient (Wildman–Crippen LogP) is 3.32. The summed E-state index contributed by atoms with van der Waals surface area (Å²) >= 11 is 3.45. The number of hydrogen-bond donors (Lipinski definition) is 1. The van der Waals surface area contributed by atoms with Gasteiger partial charge in [-0.25, -0.2) is 0 Å². The summed E-state index contributed by atoms with van der Waals surface area (Å²) < 4.78 is 1.07. The molecule has 3 nitrogen and oxygen atoms in total. The highest BCUT2D eigenvalue weighted by atomic mass is 79.9. The first-order valence-corrected chi connectivity index (χ1v) is 7.44. The second-order valence-corrected chi connectivity index (χ2v) is 6.02. The van der Waals surface area contributed by atoms with Gasteiger partial charge in [-0.1, -0.05) is 41.9 Å². The van der Waals surface area contributed by atoms with E-state index < -0.39 is 0 Å². The van der Waals surface area contributed by atoms with Crippen LogP contribution in [-0.2, 0) is 0 Å². The van der Waals surface area contributed by atoms with Gasteiger partial charge in [0.2, 0.25) is 0 Å². The molecule has 0 saturated heterocycles. The summed E-state index contributed by atoms with van der Waals surface area (Å²) in [5.74, 6) is 0.559. The van der Waals surface area contributed by atoms with Crippen LogP contribution in [0, 0.1) is 17.2 Å². The fraction of sp³-hybridized carbons (Fsp3) is 0.533. The molecule has 104 valence electrons. The number of benzene rings is 1. The van der Waals surface area contributed by atoms with Gasteiger partial charge >= 0.3 is 0 Å². The number of halogens is 1. The zero-order valence-corrected chi connectivity index (χ0v) is 13.2. The molecule has 0 aliphatic heterocycles. The molecular formula is C15H22BrN3. The average molecular weight is 324 g/mol. The topological polar surface area (TPSA) is 53.0 Å². The maximum Gasteiger partial charge on any atom is 0.0635 e. The zero-order chi connectivity index (χ0) is 14.3. The quantitative estimate of drug-likeness (QED) is 0.837. The number of hydrogen-bond acceptors (Lipinski definition) is 3. The van der Waals surface area contributed by atoms with Crippen LogP contribution < -0.4 is 5.73 Å². The lowest BCUT2D eigenvalue weighted by Gasteiger charge is -2.32. The van der Waals surface area contributed by atoms with Crippen LogP contribution in [0.2, 0.25) is 0 Å². The molecule has 0 bridgehead atoms. The average Bonchev–Trinajstić information content (AvgIpc) is 2.38. The van der Waals surface area contributed by atoms with E-state index in [0.29, 0.717) is 18.9 Å². The van der Waals surface area contributed by atoms with Gasteiger partial charge in [0.25, 0.3) is 0 Å². The molecular weight excluding hydrogens is 302 g/mol. The SMILES string of the molecule is CC(C)CN(CCC#N)C(CN)c1ccc(Br)cc1. The summed E-state index contributed by atoms with van der Waals surface area (Å²) in [5.41, 5.74) is 7.17. The van der Waals surface area contributed by atoms with E-state index in [-0.39, 0.29) is 6.04 Å². The van der Waals surface area contributed by atoms with Crippen molar-refractivity contribution in [1.29, 1.82) is 5.26 Å². The lowest BCUT2D eigenvalue weighted by molar-refractivity contribution is 0.183. The van der Waals surface area contributed by atoms with E-state index in [2.05, 4.69) is 52.9 Å². The molecule has 4 heteroatoms. The van der Waals surface area contributed by atoms with Gasteiger partial charge in [-0.3, -0.25) is 4.90 Å². The van der Waals surface area contributed by atoms with Crippen LogP contribution in [-0.4, -0.2) is 24.5 Å². The largest absolute Gasteiger partial charge is 0.329 e. The maximum absolute atomic E-state index is 8.80. The molecule has 0 spiro atoms. The normalized spacial score (nSPS) is 12.7. The van der Waals surface area contributed by atoms with E-state index in [9.17, 15) is 0 Å². The van der Waals surface area contributed by atoms with Crippen molar-refractivity contribution in [1.82, 2.24) is 4.90 Å². The van der Waals surface area contributed by atoms with Crippen LogP contribution >= 0.6 is 15.9 Å². The third-order valence-corrected chi connectivity index (χ3v) is 3.56. The van der Waals surface area contributed by atoms with Crippen LogP contribution in [0.25, 0.3) is 0 Å². The first-order chi connectivity index (χ1) is 9.08. The molecule has 0 amide bonds. The monoisotopic (exact) mass is 323 g/mol. The van der Waals surface area contributed by atoms with E-state index in [1.165, 1.54) is 5.56 Å². The molecule has 1 aromatic rings. The van der Waals surface area contributed by atoms with Crippen LogP contribution in [0.1, 0.15) is 31.9 Å². The van der Waals surface area contributed by atoms with Crippen molar-refractivity contribution in [3.63, 3.8) is 0 Å². The highest BCUT2D eigenvalue weighted by molar-refractivity contribution is 9.10. The molecule has 1 aromatic carbocycles. The van der Waals surface area contributed by atoms with Crippen molar-refractivity contribution in [2.45, 2.75) is 26.3 Å². The Bertz CT molecular complexity index is 408. The van der Waals surface area contributed by atoms with Gasteiger partial charge < -0.3 is 5.73 Å². The summed E-state index contributed by atoms with van der Waals surface area (Å²) in [6.45, 7) is 6.68. The van der Waals surface area contributed by atoms with Crippen molar-refractivity contribution < 1.29 is 0 Å². The molecule has 1 rings (SSSR count). The summed E-state index contributed by atoms with van der Waals surface area (Å²) in [6, 6.07) is 10.7. The van der Waals surface area contributed by atoms with Crippen LogP contribution in [0.5, 0.6) is 0 Å². The van der Waals surface area contributed by atoms with Gasteiger partial charge in [-0.15, -0.1) is 0 Å². The third kappa shape index (κ3) is 5.32. The Hall–Kier alpha value is -0.890. The maximum atomic E-state index is 8.80. The number of nitrogens with zero attached hydrogens (tertiary/aromatic N) is 2. The summed E-state index contributed by atoms with van der Waals surface area (Å²) in [6.07, 6.45) is 0.541. The van der Waals surface area contributed by atoms with Gasteiger partial charge in [0.1, 0.15) is 0 Å². The van der Waals surface area contributed by atoms with Crippen LogP contribution in [0.4, 0.5) is 0 Å². The molecule has 19 heavy (non-hydrogen) atoms. The molecule has 0 saturated carbocycles. The fourth-order valence-electron chi connectivity index (χ4n) is 2.22. The standard InChI is InChI=1S/C15H22BrN3/c1-12(2)11-19(9-3-8-17)15(10-18)13-4-6-14(16)7-5-13/h4-7,12,15H,3,9-11,18H2,1-2H3. The summed E-state index contributed by atoms with van der Waals surface area (Å²) in [7, 11) is 0. The Morgan fingerprint density at radius 3 is 2.42 bits per heavy atom. The third-order valence-electron chi connectivity index (χ3n) is 3.03. The molecule has 1 unspecified atom stereocenters. The van der Waals surface area contributed by atoms with E-state index in [0.717, 1.165) is 17.6 Å². The van der Waals surface area contributed by atoms with Crippen LogP contribution in [0.15, 0.2) is 28.7 Å². The molecule has 2 N–H and O–H groups in total. The second kappa shape index (κ2) is 8.31. The van der Waals surface area contributed by atoms with Gasteiger partial charge in [-0.05, 0) is 23.6 Å². The Morgan fingerprint density at radius 2 is 1.95 bits per heavy atom. The van der Waals surface area contributed by atoms with Gasteiger partial charge in [0, 0.05) is 36.6 Å². The smallest absolute Gasteiger partial charge is 0.0635 e. The minimum absolute atomic E-state index is 0.184. The Labute approximate surface area is 124 Å². The lowest BCUT2D eigenvalue weighted by Crippen LogP contribution is -2.37.